The third kappa shape index (κ3) is 3.09. The van der Waals surface area contributed by atoms with Crippen LogP contribution >= 0.6 is 0 Å². The maximum absolute atomic E-state index is 11.6. The molecular weight excluding hydrogens is 214 g/mol. The molecule has 17 heavy (non-hydrogen) atoms. The minimum Gasteiger partial charge on any atom is -0.398 e. The van der Waals surface area contributed by atoms with Gasteiger partial charge in [-0.15, -0.1) is 0 Å². The number of anilines is 1. The number of hydrogen-bond donors (Lipinski definition) is 1. The highest BCUT2D eigenvalue weighted by Gasteiger charge is 2.28. The third-order valence-electron chi connectivity index (χ3n) is 3.42. The molecule has 4 nitrogen and oxygen atoms in total. The molecule has 0 aromatic carbocycles. The van der Waals surface area contributed by atoms with Crippen LogP contribution in [0.4, 0.5) is 5.69 Å². The summed E-state index contributed by atoms with van der Waals surface area (Å²) in [6.07, 6.45) is 2.96. The van der Waals surface area contributed by atoms with Gasteiger partial charge in [-0.3, -0.25) is 4.79 Å². The molecule has 4 heteroatoms. The molecule has 0 unspecified atom stereocenters. The van der Waals surface area contributed by atoms with Crippen molar-refractivity contribution >= 4 is 5.69 Å². The van der Waals surface area contributed by atoms with Gasteiger partial charge in [-0.1, -0.05) is 13.8 Å². The highest BCUT2D eigenvalue weighted by molar-refractivity contribution is 5.33. The van der Waals surface area contributed by atoms with Crippen molar-refractivity contribution < 1.29 is 0 Å². The molecule has 1 fully saturated rings. The van der Waals surface area contributed by atoms with Crippen LogP contribution in [0.25, 0.3) is 0 Å². The molecule has 1 aromatic heterocycles. The van der Waals surface area contributed by atoms with Crippen molar-refractivity contribution in [1.82, 2.24) is 9.47 Å². The molecular formula is C13H21N3O. The zero-order valence-electron chi connectivity index (χ0n) is 10.6. The van der Waals surface area contributed by atoms with Crippen molar-refractivity contribution in [3.63, 3.8) is 0 Å². The summed E-state index contributed by atoms with van der Waals surface area (Å²) in [5, 5.41) is 0. The van der Waals surface area contributed by atoms with Crippen LogP contribution in [-0.4, -0.2) is 29.1 Å². The van der Waals surface area contributed by atoms with Crippen LogP contribution in [-0.2, 0) is 6.54 Å². The monoisotopic (exact) mass is 235 g/mol. The van der Waals surface area contributed by atoms with E-state index in [0.29, 0.717) is 11.1 Å². The lowest BCUT2D eigenvalue weighted by atomic mass is 9.93. The Labute approximate surface area is 102 Å². The van der Waals surface area contributed by atoms with E-state index in [1.54, 1.807) is 16.8 Å². The molecule has 0 spiro atoms. The van der Waals surface area contributed by atoms with Gasteiger partial charge in [-0.05, 0) is 24.4 Å². The third-order valence-corrected chi connectivity index (χ3v) is 3.42. The fraction of sp³-hybridized carbons (Fsp3) is 0.615. The average molecular weight is 235 g/mol. The fourth-order valence-electron chi connectivity index (χ4n) is 2.39. The maximum atomic E-state index is 11.6. The number of pyridine rings is 1. The summed E-state index contributed by atoms with van der Waals surface area (Å²) in [7, 11) is 0. The lowest BCUT2D eigenvalue weighted by Crippen LogP contribution is -2.30. The summed E-state index contributed by atoms with van der Waals surface area (Å²) in [6.45, 7) is 8.47. The first kappa shape index (κ1) is 12.2. The van der Waals surface area contributed by atoms with Crippen molar-refractivity contribution in [2.24, 2.45) is 5.41 Å². The topological polar surface area (TPSA) is 51.3 Å². The van der Waals surface area contributed by atoms with E-state index < -0.39 is 0 Å². The van der Waals surface area contributed by atoms with Gasteiger partial charge < -0.3 is 15.2 Å². The molecule has 94 valence electrons. The molecule has 0 bridgehead atoms. The molecule has 1 aliphatic heterocycles. The summed E-state index contributed by atoms with van der Waals surface area (Å²) >= 11 is 0. The van der Waals surface area contributed by atoms with E-state index in [1.165, 1.54) is 12.5 Å². The number of hydrogen-bond acceptors (Lipinski definition) is 3. The highest BCUT2D eigenvalue weighted by atomic mass is 16.1. The Morgan fingerprint density at radius 2 is 2.12 bits per heavy atom. The quantitative estimate of drug-likeness (QED) is 0.855. The van der Waals surface area contributed by atoms with Crippen LogP contribution in [0.5, 0.6) is 0 Å². The van der Waals surface area contributed by atoms with Gasteiger partial charge in [0.2, 0.25) is 0 Å². The second-order valence-electron chi connectivity index (χ2n) is 5.68. The van der Waals surface area contributed by atoms with Gasteiger partial charge in [0.1, 0.15) is 0 Å². The van der Waals surface area contributed by atoms with E-state index in [-0.39, 0.29) is 5.56 Å². The maximum Gasteiger partial charge on any atom is 0.250 e. The Kier molecular flexibility index (Phi) is 3.24. The minimum absolute atomic E-state index is 0.0256. The van der Waals surface area contributed by atoms with Crippen LogP contribution in [0.15, 0.2) is 23.1 Å². The number of likely N-dealkylation sites (tertiary alicyclic amines) is 1. The predicted octanol–water partition coefficient (Wildman–Crippen LogP) is 1.16. The van der Waals surface area contributed by atoms with Crippen LogP contribution in [0.2, 0.25) is 0 Å². The Morgan fingerprint density at radius 1 is 1.35 bits per heavy atom. The highest BCUT2D eigenvalue weighted by Crippen LogP contribution is 2.28. The Morgan fingerprint density at radius 3 is 2.76 bits per heavy atom. The van der Waals surface area contributed by atoms with Gasteiger partial charge in [0.25, 0.3) is 5.56 Å². The molecule has 2 N–H and O–H groups in total. The van der Waals surface area contributed by atoms with Crippen LogP contribution in [0.3, 0.4) is 0 Å². The van der Waals surface area contributed by atoms with Gasteiger partial charge in [0, 0.05) is 37.6 Å². The number of rotatable bonds is 3. The Balaban J connectivity index is 1.95. The van der Waals surface area contributed by atoms with Crippen LogP contribution in [0.1, 0.15) is 20.3 Å². The summed E-state index contributed by atoms with van der Waals surface area (Å²) in [4.78, 5) is 14.0. The Hall–Kier alpha value is -1.29. The smallest absolute Gasteiger partial charge is 0.250 e. The molecule has 0 saturated carbocycles. The average Bonchev–Trinajstić information content (AvgIpc) is 2.60. The van der Waals surface area contributed by atoms with Crippen molar-refractivity contribution in [2.75, 3.05) is 25.4 Å². The van der Waals surface area contributed by atoms with E-state index in [1.807, 2.05) is 0 Å². The molecule has 0 radical (unpaired) electrons. The molecule has 0 aliphatic carbocycles. The van der Waals surface area contributed by atoms with E-state index in [9.17, 15) is 4.79 Å². The van der Waals surface area contributed by atoms with Gasteiger partial charge in [0.15, 0.2) is 0 Å². The normalized spacial score (nSPS) is 19.6. The fourth-order valence-corrected chi connectivity index (χ4v) is 2.39. The number of nitrogens with two attached hydrogens (primary N) is 1. The molecule has 0 atom stereocenters. The SMILES string of the molecule is CC1(C)CCN(CCn2cc(N)ccc2=O)C1. The summed E-state index contributed by atoms with van der Waals surface area (Å²) in [6, 6.07) is 3.18. The summed E-state index contributed by atoms with van der Waals surface area (Å²) < 4.78 is 1.70. The standard InChI is InChI=1S/C13H21N3O/c1-13(2)5-6-15(10-13)7-8-16-9-11(14)3-4-12(16)17/h3-4,9H,5-8,10,14H2,1-2H3. The zero-order valence-corrected chi connectivity index (χ0v) is 10.6. The molecule has 2 rings (SSSR count). The van der Waals surface area contributed by atoms with Gasteiger partial charge in [0.05, 0.1) is 0 Å². The van der Waals surface area contributed by atoms with Crippen LogP contribution in [0, 0.1) is 5.41 Å². The molecule has 1 aliphatic rings. The first-order valence-electron chi connectivity index (χ1n) is 6.15. The van der Waals surface area contributed by atoms with Crippen molar-refractivity contribution in [1.29, 1.82) is 0 Å². The lowest BCUT2D eigenvalue weighted by molar-refractivity contribution is 0.280. The first-order chi connectivity index (χ1) is 7.96. The number of aromatic nitrogens is 1. The van der Waals surface area contributed by atoms with Crippen molar-refractivity contribution in [2.45, 2.75) is 26.8 Å². The number of nitrogen functional groups attached to an aromatic ring is 1. The largest absolute Gasteiger partial charge is 0.398 e. The van der Waals surface area contributed by atoms with E-state index in [0.717, 1.165) is 26.2 Å². The molecule has 1 saturated heterocycles. The molecule has 0 amide bonds. The second kappa shape index (κ2) is 4.53. The zero-order chi connectivity index (χ0) is 12.5. The number of nitrogens with zero attached hydrogens (tertiary/aromatic N) is 2. The predicted molar refractivity (Wildman–Crippen MR) is 70.0 cm³/mol. The minimum atomic E-state index is 0.0256. The second-order valence-corrected chi connectivity index (χ2v) is 5.68. The van der Waals surface area contributed by atoms with Gasteiger partial charge >= 0.3 is 0 Å². The Bertz CT molecular complexity index is 450. The molecule has 1 aromatic rings. The molecule has 2 heterocycles. The van der Waals surface area contributed by atoms with E-state index in [2.05, 4.69) is 18.7 Å². The lowest BCUT2D eigenvalue weighted by Gasteiger charge is -2.20. The van der Waals surface area contributed by atoms with Crippen LogP contribution < -0.4 is 11.3 Å². The van der Waals surface area contributed by atoms with Crippen molar-refractivity contribution in [3.8, 4) is 0 Å². The van der Waals surface area contributed by atoms with Gasteiger partial charge in [-0.2, -0.15) is 0 Å². The first-order valence-corrected chi connectivity index (χ1v) is 6.15. The van der Waals surface area contributed by atoms with Crippen molar-refractivity contribution in [3.05, 3.63) is 28.7 Å². The summed E-state index contributed by atoms with van der Waals surface area (Å²) in [5.41, 5.74) is 6.77. The van der Waals surface area contributed by atoms with Gasteiger partial charge in [-0.25, -0.2) is 0 Å². The van der Waals surface area contributed by atoms with E-state index >= 15 is 0 Å². The summed E-state index contributed by atoms with van der Waals surface area (Å²) in [5.74, 6) is 0. The van der Waals surface area contributed by atoms with E-state index in [4.69, 9.17) is 5.73 Å².